The number of hydrogen-bond donors (Lipinski definition) is 2. The maximum atomic E-state index is 11.4. The molecule has 0 aromatic rings. The number of ether oxygens (including phenoxy) is 1. The third-order valence-electron chi connectivity index (χ3n) is 3.32. The Kier molecular flexibility index (Phi) is 6.54. The minimum atomic E-state index is -0.978. The Morgan fingerprint density at radius 1 is 1.33 bits per heavy atom. The summed E-state index contributed by atoms with van der Waals surface area (Å²) in [6.07, 6.45) is 6.31. The summed E-state index contributed by atoms with van der Waals surface area (Å²) in [5.41, 5.74) is 0. The summed E-state index contributed by atoms with van der Waals surface area (Å²) in [7, 11) is 0. The van der Waals surface area contributed by atoms with Crippen molar-refractivity contribution in [1.29, 1.82) is 0 Å². The zero-order chi connectivity index (χ0) is 13.4. The number of aliphatic carboxylic acids is 1. The van der Waals surface area contributed by atoms with Crippen LogP contribution in [0.4, 0.5) is 4.79 Å². The van der Waals surface area contributed by atoms with Gasteiger partial charge >= 0.3 is 12.1 Å². The Bertz CT molecular complexity index is 274. The van der Waals surface area contributed by atoms with E-state index in [4.69, 9.17) is 9.84 Å². The van der Waals surface area contributed by atoms with E-state index in [2.05, 4.69) is 5.32 Å². The molecule has 1 atom stereocenters. The van der Waals surface area contributed by atoms with Crippen LogP contribution in [0, 0.1) is 5.92 Å². The molecule has 104 valence electrons. The lowest BCUT2D eigenvalue weighted by molar-refractivity contribution is -0.139. The number of carboxylic acids is 1. The molecular formula is C13H23NO4. The molecular weight excluding hydrogens is 234 g/mol. The normalized spacial score (nSPS) is 18.1. The van der Waals surface area contributed by atoms with Crippen molar-refractivity contribution in [1.82, 2.24) is 5.32 Å². The molecule has 2 N–H and O–H groups in total. The lowest BCUT2D eigenvalue weighted by Gasteiger charge is -2.24. The maximum Gasteiger partial charge on any atom is 0.407 e. The number of carboxylic acid groups (broad SMARTS) is 1. The fourth-order valence-electron chi connectivity index (χ4n) is 2.36. The lowest BCUT2D eigenvalue weighted by atomic mass is 9.85. The van der Waals surface area contributed by atoms with Gasteiger partial charge in [0.1, 0.15) is 6.04 Å². The monoisotopic (exact) mass is 257 g/mol. The quantitative estimate of drug-likeness (QED) is 0.766. The Morgan fingerprint density at radius 2 is 2.00 bits per heavy atom. The van der Waals surface area contributed by atoms with Crippen LogP contribution in [0.25, 0.3) is 0 Å². The zero-order valence-electron chi connectivity index (χ0n) is 11.0. The number of hydrogen-bond acceptors (Lipinski definition) is 3. The number of amides is 1. The van der Waals surface area contributed by atoms with E-state index in [-0.39, 0.29) is 0 Å². The number of nitrogens with one attached hydrogen (secondary N) is 1. The van der Waals surface area contributed by atoms with Crippen molar-refractivity contribution in [3.05, 3.63) is 0 Å². The van der Waals surface area contributed by atoms with Crippen molar-refractivity contribution in [2.75, 3.05) is 6.61 Å². The molecule has 1 saturated carbocycles. The van der Waals surface area contributed by atoms with Crippen LogP contribution < -0.4 is 5.32 Å². The van der Waals surface area contributed by atoms with Gasteiger partial charge in [-0.3, -0.25) is 0 Å². The predicted octanol–water partition coefficient (Wildman–Crippen LogP) is 2.55. The van der Waals surface area contributed by atoms with E-state index in [0.29, 0.717) is 18.9 Å². The molecule has 1 unspecified atom stereocenters. The van der Waals surface area contributed by atoms with Crippen molar-refractivity contribution >= 4 is 12.1 Å². The zero-order valence-corrected chi connectivity index (χ0v) is 11.0. The molecule has 0 aromatic carbocycles. The number of carbonyl (C=O) groups excluding carboxylic acids is 1. The lowest BCUT2D eigenvalue weighted by Crippen LogP contribution is -2.42. The van der Waals surface area contributed by atoms with E-state index in [1.807, 2.05) is 6.92 Å². The number of alkyl carbamates (subject to hydrolysis) is 1. The summed E-state index contributed by atoms with van der Waals surface area (Å²) in [4.78, 5) is 22.5. The first-order chi connectivity index (χ1) is 8.63. The molecule has 0 heterocycles. The van der Waals surface area contributed by atoms with Crippen LogP contribution in [0.3, 0.4) is 0 Å². The topological polar surface area (TPSA) is 75.6 Å². The minimum Gasteiger partial charge on any atom is -0.480 e. The summed E-state index contributed by atoms with van der Waals surface area (Å²) in [6, 6.07) is -0.822. The summed E-state index contributed by atoms with van der Waals surface area (Å²) >= 11 is 0. The highest BCUT2D eigenvalue weighted by Crippen LogP contribution is 2.27. The summed E-state index contributed by atoms with van der Waals surface area (Å²) < 4.78 is 4.85. The van der Waals surface area contributed by atoms with Crippen LogP contribution in [-0.2, 0) is 9.53 Å². The molecule has 1 aliphatic carbocycles. The fourth-order valence-corrected chi connectivity index (χ4v) is 2.36. The number of carbonyl (C=O) groups is 2. The van der Waals surface area contributed by atoms with Crippen LogP contribution in [-0.4, -0.2) is 29.8 Å². The number of rotatable bonds is 6. The molecule has 1 aliphatic rings. The molecule has 1 amide bonds. The van der Waals surface area contributed by atoms with Crippen molar-refractivity contribution in [3.8, 4) is 0 Å². The van der Waals surface area contributed by atoms with Gasteiger partial charge in [-0.15, -0.1) is 0 Å². The van der Waals surface area contributed by atoms with Crippen molar-refractivity contribution < 1.29 is 19.4 Å². The third-order valence-corrected chi connectivity index (χ3v) is 3.32. The van der Waals surface area contributed by atoms with Gasteiger partial charge in [0, 0.05) is 0 Å². The maximum absolute atomic E-state index is 11.4. The third kappa shape index (κ3) is 5.38. The van der Waals surface area contributed by atoms with Gasteiger partial charge in [-0.2, -0.15) is 0 Å². The molecule has 0 saturated heterocycles. The highest BCUT2D eigenvalue weighted by Gasteiger charge is 2.25. The Balaban J connectivity index is 2.38. The van der Waals surface area contributed by atoms with E-state index < -0.39 is 18.1 Å². The average molecular weight is 257 g/mol. The largest absolute Gasteiger partial charge is 0.480 e. The average Bonchev–Trinajstić information content (AvgIpc) is 2.36. The molecule has 1 rings (SSSR count). The summed E-state index contributed by atoms with van der Waals surface area (Å²) in [5, 5.41) is 11.5. The second kappa shape index (κ2) is 7.95. The van der Waals surface area contributed by atoms with Crippen LogP contribution in [0.2, 0.25) is 0 Å². The molecule has 0 radical (unpaired) electrons. The van der Waals surface area contributed by atoms with Gasteiger partial charge in [-0.25, -0.2) is 9.59 Å². The Morgan fingerprint density at radius 3 is 2.56 bits per heavy atom. The van der Waals surface area contributed by atoms with E-state index in [0.717, 1.165) is 32.1 Å². The van der Waals surface area contributed by atoms with Gasteiger partial charge in [0.2, 0.25) is 0 Å². The molecule has 0 bridgehead atoms. The molecule has 1 fully saturated rings. The van der Waals surface area contributed by atoms with E-state index in [1.54, 1.807) is 0 Å². The van der Waals surface area contributed by atoms with Crippen LogP contribution in [0.5, 0.6) is 0 Å². The highest BCUT2D eigenvalue weighted by molar-refractivity contribution is 5.79. The van der Waals surface area contributed by atoms with Gasteiger partial charge in [-0.1, -0.05) is 39.0 Å². The minimum absolute atomic E-state index is 0.321. The van der Waals surface area contributed by atoms with Crippen molar-refractivity contribution in [2.24, 2.45) is 5.92 Å². The fraction of sp³-hybridized carbons (Fsp3) is 0.846. The van der Waals surface area contributed by atoms with Gasteiger partial charge in [0.25, 0.3) is 0 Å². The Hall–Kier alpha value is -1.26. The first-order valence-electron chi connectivity index (χ1n) is 6.79. The second-order valence-corrected chi connectivity index (χ2v) is 4.91. The molecule has 5 heteroatoms. The Labute approximate surface area is 108 Å². The van der Waals surface area contributed by atoms with Gasteiger partial charge in [0.05, 0.1) is 6.61 Å². The van der Waals surface area contributed by atoms with Crippen LogP contribution in [0.15, 0.2) is 0 Å². The smallest absolute Gasteiger partial charge is 0.407 e. The summed E-state index contributed by atoms with van der Waals surface area (Å²) in [6.45, 7) is 2.21. The SMILES string of the molecule is CCCOC(=O)NC(CC1CCCCC1)C(=O)O. The first kappa shape index (κ1) is 14.8. The highest BCUT2D eigenvalue weighted by atomic mass is 16.5. The molecule has 18 heavy (non-hydrogen) atoms. The van der Waals surface area contributed by atoms with Crippen LogP contribution in [0.1, 0.15) is 51.9 Å². The van der Waals surface area contributed by atoms with Crippen molar-refractivity contribution in [2.45, 2.75) is 57.9 Å². The molecule has 5 nitrogen and oxygen atoms in total. The molecule has 0 aliphatic heterocycles. The van der Waals surface area contributed by atoms with E-state index >= 15 is 0 Å². The van der Waals surface area contributed by atoms with Crippen molar-refractivity contribution in [3.63, 3.8) is 0 Å². The summed E-state index contributed by atoms with van der Waals surface area (Å²) in [5.74, 6) is -0.569. The van der Waals surface area contributed by atoms with E-state index in [9.17, 15) is 9.59 Å². The van der Waals surface area contributed by atoms with Crippen LogP contribution >= 0.6 is 0 Å². The van der Waals surface area contributed by atoms with Gasteiger partial charge in [-0.05, 0) is 18.8 Å². The van der Waals surface area contributed by atoms with Gasteiger partial charge < -0.3 is 15.2 Å². The first-order valence-corrected chi connectivity index (χ1v) is 6.79. The second-order valence-electron chi connectivity index (χ2n) is 4.91. The molecule has 0 spiro atoms. The predicted molar refractivity (Wildman–Crippen MR) is 67.4 cm³/mol. The standard InChI is InChI=1S/C13H23NO4/c1-2-8-18-13(17)14-11(12(15)16)9-10-6-4-3-5-7-10/h10-11H,2-9H2,1H3,(H,14,17)(H,15,16). The van der Waals surface area contributed by atoms with E-state index in [1.165, 1.54) is 6.42 Å². The molecule has 0 aromatic heterocycles. The van der Waals surface area contributed by atoms with Gasteiger partial charge in [0.15, 0.2) is 0 Å².